The summed E-state index contributed by atoms with van der Waals surface area (Å²) in [4.78, 5) is 41.0. The number of carbonyl (C=O) groups is 3. The fourth-order valence-corrected chi connectivity index (χ4v) is 3.71. The third-order valence-electron chi connectivity index (χ3n) is 4.99. The minimum absolute atomic E-state index is 0.0163. The van der Waals surface area contributed by atoms with E-state index in [0.717, 1.165) is 31.2 Å². The van der Waals surface area contributed by atoms with Crippen molar-refractivity contribution in [2.45, 2.75) is 91.0 Å². The van der Waals surface area contributed by atoms with Gasteiger partial charge in [-0.25, -0.2) is 4.79 Å². The van der Waals surface area contributed by atoms with E-state index in [0.29, 0.717) is 6.54 Å². The smallest absolute Gasteiger partial charge is 0.408 e. The van der Waals surface area contributed by atoms with E-state index in [1.165, 1.54) is 0 Å². The molecular weight excluding hydrogens is 438 g/mol. The summed E-state index contributed by atoms with van der Waals surface area (Å²) in [6.45, 7) is 11.7. The third-order valence-corrected chi connectivity index (χ3v) is 5.36. The summed E-state index contributed by atoms with van der Waals surface area (Å²) >= 11 is 4.30. The molecule has 0 aliphatic carbocycles. The second-order valence-corrected chi connectivity index (χ2v) is 9.64. The van der Waals surface area contributed by atoms with Gasteiger partial charge in [0.15, 0.2) is 0 Å². The molecule has 0 heterocycles. The first kappa shape index (κ1) is 28.8. The minimum atomic E-state index is -0.924. The van der Waals surface area contributed by atoms with Crippen LogP contribution in [0.2, 0.25) is 0 Å². The Kier molecular flexibility index (Phi) is 12.3. The van der Waals surface area contributed by atoms with Crippen molar-refractivity contribution < 1.29 is 19.1 Å². The zero-order valence-corrected chi connectivity index (χ0v) is 21.8. The number of hydrogen-bond acceptors (Lipinski definition) is 5. The number of alkyl carbamates (subject to hydrolysis) is 1. The summed E-state index contributed by atoms with van der Waals surface area (Å²) < 4.78 is 5.32. The zero-order chi connectivity index (χ0) is 25.0. The maximum absolute atomic E-state index is 13.6. The van der Waals surface area contributed by atoms with Gasteiger partial charge in [-0.2, -0.15) is 12.6 Å². The molecule has 0 aliphatic heterocycles. The monoisotopic (exact) mass is 479 g/mol. The van der Waals surface area contributed by atoms with Crippen molar-refractivity contribution in [1.29, 1.82) is 0 Å². The molecular formula is C25H41N3O4S. The molecule has 3 amide bonds. The van der Waals surface area contributed by atoms with Gasteiger partial charge in [0.05, 0.1) is 0 Å². The van der Waals surface area contributed by atoms with Crippen LogP contribution in [-0.2, 0) is 14.3 Å². The molecule has 0 aliphatic rings. The van der Waals surface area contributed by atoms with Crippen LogP contribution in [0, 0.1) is 0 Å². The van der Waals surface area contributed by atoms with E-state index in [1.807, 2.05) is 44.2 Å². The quantitative estimate of drug-likeness (QED) is 0.386. The van der Waals surface area contributed by atoms with Crippen LogP contribution in [0.5, 0.6) is 0 Å². The SMILES string of the molecule is CCCCN(C(=O)C(CS)NC(=O)OC(C)(C)C)C(C(=O)NC(C)CCC)c1ccccc1. The van der Waals surface area contributed by atoms with Crippen LogP contribution >= 0.6 is 12.6 Å². The van der Waals surface area contributed by atoms with E-state index in [4.69, 9.17) is 4.74 Å². The van der Waals surface area contributed by atoms with Gasteiger partial charge < -0.3 is 20.3 Å². The van der Waals surface area contributed by atoms with Crippen molar-refractivity contribution in [3.05, 3.63) is 35.9 Å². The molecule has 3 unspecified atom stereocenters. The highest BCUT2D eigenvalue weighted by molar-refractivity contribution is 7.80. The number of benzene rings is 1. The molecule has 0 bridgehead atoms. The van der Waals surface area contributed by atoms with Gasteiger partial charge in [0, 0.05) is 18.3 Å². The topological polar surface area (TPSA) is 87.7 Å². The molecule has 186 valence electrons. The highest BCUT2D eigenvalue weighted by atomic mass is 32.1. The highest BCUT2D eigenvalue weighted by Gasteiger charge is 2.35. The van der Waals surface area contributed by atoms with Crippen molar-refractivity contribution in [2.24, 2.45) is 0 Å². The van der Waals surface area contributed by atoms with Gasteiger partial charge in [0.25, 0.3) is 0 Å². The van der Waals surface area contributed by atoms with Crippen LogP contribution in [0.1, 0.15) is 78.8 Å². The van der Waals surface area contributed by atoms with E-state index in [-0.39, 0.29) is 23.6 Å². The number of carbonyl (C=O) groups excluding carboxylic acids is 3. The summed E-state index contributed by atoms with van der Waals surface area (Å²) in [5, 5.41) is 5.68. The molecule has 0 saturated carbocycles. The lowest BCUT2D eigenvalue weighted by Crippen LogP contribution is -2.54. The summed E-state index contributed by atoms with van der Waals surface area (Å²) in [5.41, 5.74) is 0.0243. The highest BCUT2D eigenvalue weighted by Crippen LogP contribution is 2.24. The molecule has 0 radical (unpaired) electrons. The van der Waals surface area contributed by atoms with Gasteiger partial charge in [-0.1, -0.05) is 57.0 Å². The zero-order valence-electron chi connectivity index (χ0n) is 20.9. The molecule has 8 heteroatoms. The Bertz CT molecular complexity index is 752. The Morgan fingerprint density at radius 2 is 1.70 bits per heavy atom. The van der Waals surface area contributed by atoms with E-state index < -0.39 is 23.8 Å². The van der Waals surface area contributed by atoms with Gasteiger partial charge in [-0.15, -0.1) is 0 Å². The fraction of sp³-hybridized carbons (Fsp3) is 0.640. The largest absolute Gasteiger partial charge is 0.444 e. The summed E-state index contributed by atoms with van der Waals surface area (Å²) in [6.07, 6.45) is 2.66. The molecule has 33 heavy (non-hydrogen) atoms. The number of unbranched alkanes of at least 4 members (excludes halogenated alkanes) is 1. The first-order valence-electron chi connectivity index (χ1n) is 11.8. The summed E-state index contributed by atoms with van der Waals surface area (Å²) in [6, 6.07) is 7.51. The van der Waals surface area contributed by atoms with E-state index >= 15 is 0 Å². The molecule has 7 nitrogen and oxygen atoms in total. The average Bonchev–Trinajstić information content (AvgIpc) is 2.73. The number of nitrogens with zero attached hydrogens (tertiary/aromatic N) is 1. The number of thiol groups is 1. The van der Waals surface area contributed by atoms with Crippen LogP contribution in [-0.4, -0.2) is 52.8 Å². The third kappa shape index (κ3) is 10.1. The van der Waals surface area contributed by atoms with Crippen LogP contribution < -0.4 is 10.6 Å². The van der Waals surface area contributed by atoms with Crippen LogP contribution in [0.15, 0.2) is 30.3 Å². The minimum Gasteiger partial charge on any atom is -0.444 e. The lowest BCUT2D eigenvalue weighted by atomic mass is 10.0. The summed E-state index contributed by atoms with van der Waals surface area (Å²) in [7, 11) is 0. The predicted molar refractivity (Wildman–Crippen MR) is 135 cm³/mol. The number of rotatable bonds is 12. The maximum atomic E-state index is 13.6. The standard InChI is InChI=1S/C25H41N3O4S/c1-7-9-16-28(23(30)20(17-33)27-24(31)32-25(4,5)6)21(19-14-11-10-12-15-19)22(29)26-18(3)13-8-2/h10-12,14-15,18,20-21,33H,7-9,13,16-17H2,1-6H3,(H,26,29)(H,27,31). The predicted octanol–water partition coefficient (Wildman–Crippen LogP) is 4.48. The Balaban J connectivity index is 3.28. The van der Waals surface area contributed by atoms with Crippen LogP contribution in [0.25, 0.3) is 0 Å². The first-order valence-corrected chi connectivity index (χ1v) is 12.4. The van der Waals surface area contributed by atoms with Crippen molar-refractivity contribution in [3.8, 4) is 0 Å². The lowest BCUT2D eigenvalue weighted by Gasteiger charge is -2.34. The molecule has 0 spiro atoms. The first-order chi connectivity index (χ1) is 15.5. The molecule has 1 aromatic carbocycles. The number of nitrogens with one attached hydrogen (secondary N) is 2. The normalized spacial score (nSPS) is 14.0. The molecule has 0 aromatic heterocycles. The van der Waals surface area contributed by atoms with E-state index in [9.17, 15) is 14.4 Å². The Morgan fingerprint density at radius 3 is 2.21 bits per heavy atom. The van der Waals surface area contributed by atoms with Crippen molar-refractivity contribution in [1.82, 2.24) is 15.5 Å². The van der Waals surface area contributed by atoms with Crippen LogP contribution in [0.3, 0.4) is 0 Å². The average molecular weight is 480 g/mol. The molecule has 2 N–H and O–H groups in total. The Hall–Kier alpha value is -2.22. The lowest BCUT2D eigenvalue weighted by molar-refractivity contribution is -0.142. The van der Waals surface area contributed by atoms with Crippen molar-refractivity contribution >= 4 is 30.5 Å². The van der Waals surface area contributed by atoms with Crippen molar-refractivity contribution in [2.75, 3.05) is 12.3 Å². The number of amides is 3. The summed E-state index contributed by atoms with van der Waals surface area (Å²) in [5.74, 6) is -0.519. The van der Waals surface area contributed by atoms with Gasteiger partial charge in [0.1, 0.15) is 17.7 Å². The van der Waals surface area contributed by atoms with Gasteiger partial charge in [-0.05, 0) is 46.1 Å². The Labute approximate surface area is 204 Å². The van der Waals surface area contributed by atoms with Gasteiger partial charge in [0.2, 0.25) is 11.8 Å². The van der Waals surface area contributed by atoms with Gasteiger partial charge in [-0.3, -0.25) is 9.59 Å². The molecule has 1 aromatic rings. The van der Waals surface area contributed by atoms with E-state index in [1.54, 1.807) is 25.7 Å². The maximum Gasteiger partial charge on any atom is 0.408 e. The second kappa shape index (κ2) is 14.1. The number of ether oxygens (including phenoxy) is 1. The van der Waals surface area contributed by atoms with Crippen LogP contribution in [0.4, 0.5) is 4.79 Å². The molecule has 3 atom stereocenters. The number of hydrogen-bond donors (Lipinski definition) is 3. The Morgan fingerprint density at radius 1 is 1.06 bits per heavy atom. The van der Waals surface area contributed by atoms with E-state index in [2.05, 4.69) is 30.2 Å². The fourth-order valence-electron chi connectivity index (χ4n) is 3.47. The molecule has 0 saturated heterocycles. The molecule has 1 rings (SSSR count). The molecule has 0 fully saturated rings. The van der Waals surface area contributed by atoms with Crippen molar-refractivity contribution in [3.63, 3.8) is 0 Å². The second-order valence-electron chi connectivity index (χ2n) is 9.28. The van der Waals surface area contributed by atoms with Gasteiger partial charge >= 0.3 is 6.09 Å².